The van der Waals surface area contributed by atoms with Gasteiger partial charge in [-0.05, 0) is 89.8 Å². The van der Waals surface area contributed by atoms with Crippen molar-refractivity contribution in [2.75, 3.05) is 5.75 Å². The molecule has 0 saturated carbocycles. The Morgan fingerprint density at radius 3 is 2.23 bits per heavy atom. The van der Waals surface area contributed by atoms with Crippen LogP contribution in [-0.4, -0.2) is 35.4 Å². The van der Waals surface area contributed by atoms with Gasteiger partial charge in [-0.3, -0.25) is 9.19 Å². The lowest BCUT2D eigenvalue weighted by Gasteiger charge is -2.19. The van der Waals surface area contributed by atoms with E-state index >= 15 is 0 Å². The summed E-state index contributed by atoms with van der Waals surface area (Å²) in [6.45, 7) is 3.52. The first-order chi connectivity index (χ1) is 28.9. The third-order valence-corrected chi connectivity index (χ3v) is 14.9. The molecule has 0 saturated heterocycles. The van der Waals surface area contributed by atoms with Gasteiger partial charge in [0.25, 0.3) is 0 Å². The van der Waals surface area contributed by atoms with E-state index in [0.29, 0.717) is 32.6 Å². The van der Waals surface area contributed by atoms with Crippen LogP contribution in [0.4, 0.5) is 13.2 Å². The van der Waals surface area contributed by atoms with E-state index in [1.807, 2.05) is 0 Å². The molecule has 0 fully saturated rings. The highest BCUT2D eigenvalue weighted by molar-refractivity contribution is 8.00. The summed E-state index contributed by atoms with van der Waals surface area (Å²) in [7, 11) is -7.75. The lowest BCUT2D eigenvalue weighted by atomic mass is 9.95. The van der Waals surface area contributed by atoms with Crippen molar-refractivity contribution in [1.82, 2.24) is 4.98 Å². The molecule has 4 aromatic carbocycles. The smallest absolute Gasteiger partial charge is 0.229 e. The van der Waals surface area contributed by atoms with Gasteiger partial charge in [-0.1, -0.05) is 87.8 Å². The molecule has 0 bridgehead atoms. The molecule has 0 aliphatic heterocycles. The first kappa shape index (κ1) is 44.9. The van der Waals surface area contributed by atoms with Crippen molar-refractivity contribution in [3.63, 3.8) is 0 Å². The maximum Gasteiger partial charge on any atom is 0.229 e. The molecule has 1 aliphatic carbocycles. The first-order valence-electron chi connectivity index (χ1n) is 18.0. The van der Waals surface area contributed by atoms with E-state index in [0.717, 1.165) is 24.3 Å². The number of sulfone groups is 1. The summed E-state index contributed by atoms with van der Waals surface area (Å²) in [5, 5.41) is 1.93. The van der Waals surface area contributed by atoms with Crippen LogP contribution in [0.5, 0.6) is 0 Å². The molecule has 0 amide bonds. The summed E-state index contributed by atoms with van der Waals surface area (Å²) in [5.41, 5.74) is 2.00. The topological polar surface area (TPSA) is 68.0 Å². The monoisotopic (exact) mass is 977 g/mol. The number of pyridine rings is 2. The average molecular weight is 981 g/mol. The number of alkyl halides is 1. The van der Waals surface area contributed by atoms with Crippen LogP contribution in [0.25, 0.3) is 44.2 Å². The summed E-state index contributed by atoms with van der Waals surface area (Å²) >= 11 is 38.7. The minimum Gasteiger partial charge on any atom is -0.258 e. The van der Waals surface area contributed by atoms with E-state index in [1.54, 1.807) is 48.5 Å². The van der Waals surface area contributed by atoms with E-state index in [1.165, 1.54) is 47.3 Å². The Balaban J connectivity index is 1.47. The molecule has 0 radical (unpaired) electrons. The highest BCUT2D eigenvalue weighted by Crippen LogP contribution is 2.41. The predicted octanol–water partition coefficient (Wildman–Crippen LogP) is 14.0. The second-order valence-electron chi connectivity index (χ2n) is 13.9. The van der Waals surface area contributed by atoms with Crippen LogP contribution in [0.3, 0.4) is 0 Å². The van der Waals surface area contributed by atoms with Crippen LogP contribution in [0, 0.1) is 0 Å². The maximum absolute atomic E-state index is 14.9. The number of aromatic nitrogens is 2. The molecule has 0 N–H and O–H groups in total. The molecule has 5 nitrogen and oxygen atoms in total. The Hall–Kier alpha value is -4.10. The van der Waals surface area contributed by atoms with E-state index in [9.17, 15) is 25.8 Å². The summed E-state index contributed by atoms with van der Waals surface area (Å²) in [5.74, 6) is 1.75. The van der Waals surface area contributed by atoms with Gasteiger partial charge in [0.05, 0.1) is 26.6 Å². The number of halogens is 9. The number of fused-ring (bicyclic) bond motifs is 2. The molecule has 7 rings (SSSR count). The van der Waals surface area contributed by atoms with Gasteiger partial charge < -0.3 is 0 Å². The number of hydrogen-bond acceptors (Lipinski definition) is 4. The predicted molar refractivity (Wildman–Crippen MR) is 246 cm³/mol. The van der Waals surface area contributed by atoms with Crippen LogP contribution >= 0.6 is 69.6 Å². The van der Waals surface area contributed by atoms with E-state index < -0.39 is 49.4 Å². The zero-order valence-corrected chi connectivity index (χ0v) is 37.6. The lowest BCUT2D eigenvalue weighted by Crippen LogP contribution is -2.34. The van der Waals surface area contributed by atoms with Crippen molar-refractivity contribution < 1.29 is 30.4 Å². The fourth-order valence-electron chi connectivity index (χ4n) is 6.99. The Morgan fingerprint density at radius 1 is 0.869 bits per heavy atom. The largest absolute Gasteiger partial charge is 0.258 e. The molecule has 16 heteroatoms. The van der Waals surface area contributed by atoms with Crippen molar-refractivity contribution in [2.24, 2.45) is 0 Å². The van der Waals surface area contributed by atoms with E-state index in [4.69, 9.17) is 69.6 Å². The average Bonchev–Trinajstić information content (AvgIpc) is 3.19. The number of nitrogens with zero attached hydrogens (tertiary/aromatic N) is 2. The Kier molecular flexibility index (Phi) is 13.2. The van der Waals surface area contributed by atoms with Gasteiger partial charge in [-0.25, -0.2) is 21.6 Å². The lowest BCUT2D eigenvalue weighted by molar-refractivity contribution is -0.569. The fourth-order valence-corrected chi connectivity index (χ4v) is 11.4. The fraction of sp³-hybridized carbons (Fsp3) is 0.0889. The molecule has 312 valence electrons. The van der Waals surface area contributed by atoms with Gasteiger partial charge in [0.2, 0.25) is 11.2 Å². The van der Waals surface area contributed by atoms with Gasteiger partial charge in [-0.2, -0.15) is 4.57 Å². The number of rotatable bonds is 11. The van der Waals surface area contributed by atoms with Gasteiger partial charge in [0.1, 0.15) is 27.7 Å². The third kappa shape index (κ3) is 9.33. The normalized spacial score (nSPS) is 16.0. The molecular weight excluding hydrogens is 950 g/mol. The van der Waals surface area contributed by atoms with Crippen molar-refractivity contribution in [1.29, 1.82) is 0 Å². The summed E-state index contributed by atoms with van der Waals surface area (Å²) in [6, 6.07) is 19.1. The van der Waals surface area contributed by atoms with Gasteiger partial charge >= 0.3 is 0 Å². The Bertz CT molecular complexity index is 3170. The highest BCUT2D eigenvalue weighted by atomic mass is 35.5. The second kappa shape index (κ2) is 17.9. The van der Waals surface area contributed by atoms with Gasteiger partial charge in [0.15, 0.2) is 16.0 Å². The van der Waals surface area contributed by atoms with Crippen LogP contribution in [0.15, 0.2) is 154 Å². The Labute approximate surface area is 380 Å². The maximum atomic E-state index is 14.9. The summed E-state index contributed by atoms with van der Waals surface area (Å²) < 4.78 is 89.6. The first-order valence-corrected chi connectivity index (χ1v) is 23.7. The summed E-state index contributed by atoms with van der Waals surface area (Å²) in [4.78, 5) is 4.72. The molecule has 2 aromatic heterocycles. The van der Waals surface area contributed by atoms with Crippen LogP contribution in [0.2, 0.25) is 25.1 Å². The van der Waals surface area contributed by atoms with Crippen LogP contribution < -0.4 is 4.57 Å². The molecule has 0 spiro atoms. The minimum absolute atomic E-state index is 0.000136. The van der Waals surface area contributed by atoms with Crippen molar-refractivity contribution in [3.8, 4) is 16.8 Å². The molecule has 2 unspecified atom stereocenters. The van der Waals surface area contributed by atoms with Crippen molar-refractivity contribution in [3.05, 3.63) is 170 Å². The molecule has 61 heavy (non-hydrogen) atoms. The SMILES string of the molecule is C=CC/C(Cl)=C(F)\C=C/CS(=O)(=O)c1c[n+](-c2ccc(-c3c(S(=C)(=O)c4cc(Cl)cc(Cl)c4)cnc4cc(Cl)ccc34)cc2Cl)c2cc(Cl)ccc2c1C1=CC(F)CC(F)=C1. The zero-order valence-electron chi connectivity index (χ0n) is 31.4. The van der Waals surface area contributed by atoms with Crippen LogP contribution in [0.1, 0.15) is 18.4 Å². The van der Waals surface area contributed by atoms with Crippen LogP contribution in [-0.2, 0) is 19.4 Å². The van der Waals surface area contributed by atoms with Crippen molar-refractivity contribution >= 4 is 122 Å². The highest BCUT2D eigenvalue weighted by Gasteiger charge is 2.32. The molecule has 2 heterocycles. The Morgan fingerprint density at radius 2 is 1.56 bits per heavy atom. The van der Waals surface area contributed by atoms with E-state index in [2.05, 4.69) is 17.4 Å². The zero-order chi connectivity index (χ0) is 44.0. The molecule has 2 atom stereocenters. The number of hydrogen-bond donors (Lipinski definition) is 0. The molecule has 1 aliphatic rings. The minimum atomic E-state index is -4.41. The van der Waals surface area contributed by atoms with Gasteiger partial charge in [-0.15, -0.1) is 6.58 Å². The molecule has 6 aromatic rings. The van der Waals surface area contributed by atoms with Crippen molar-refractivity contribution in [2.45, 2.75) is 33.7 Å². The molecular formula is C45H30Cl6F3N2O3S2+. The second-order valence-corrected chi connectivity index (χ2v) is 20.7. The number of benzene rings is 4. The number of allylic oxidation sites excluding steroid dienone is 8. The quantitative estimate of drug-likeness (QED) is 0.0561. The third-order valence-electron chi connectivity index (χ3n) is 9.69. The summed E-state index contributed by atoms with van der Waals surface area (Å²) in [6.07, 6.45) is 6.14. The van der Waals surface area contributed by atoms with E-state index in [-0.39, 0.29) is 68.4 Å². The van der Waals surface area contributed by atoms with Gasteiger partial charge in [0, 0.05) is 82.2 Å². The standard InChI is InChI=1S/C45H30Cl6F3N2O3S2/c1-3-5-36(50)38(54)6-4-13-61(58,59)43-24-56(41-21-28(47)9-11-35(41)45(43)26-14-31(52)22-32(53)15-26)40-12-7-25(16-37(40)51)44-34-10-8-27(46)20-39(34)55-23-42(44)60(2,57)33-18-29(48)17-30(49)19-33/h3-4,6-12,14-21,23-24,31H,1-2,5,13,22H2/q+1/b6-4-,38-36-.